The molecule has 0 spiro atoms. The summed E-state index contributed by atoms with van der Waals surface area (Å²) >= 11 is 6.33. The number of hydrogen-bond donors (Lipinski definition) is 4. The van der Waals surface area contributed by atoms with Gasteiger partial charge in [-0.05, 0) is 48.7 Å². The number of benzene rings is 2. The number of rotatable bonds is 6. The molecule has 0 unspecified atom stereocenters. The quantitative estimate of drug-likeness (QED) is 0.518. The van der Waals surface area contributed by atoms with E-state index in [1.807, 2.05) is 0 Å². The van der Waals surface area contributed by atoms with Crippen LogP contribution in [-0.4, -0.2) is 64.1 Å². The van der Waals surface area contributed by atoms with E-state index in [9.17, 15) is 24.8 Å². The van der Waals surface area contributed by atoms with E-state index in [4.69, 9.17) is 32.7 Å². The first kappa shape index (κ1) is 16.8. The summed E-state index contributed by atoms with van der Waals surface area (Å²) in [6, 6.07) is 8.04. The molecule has 4 rings (SSSR count). The third kappa shape index (κ3) is 3.62. The summed E-state index contributed by atoms with van der Waals surface area (Å²) in [5, 5.41) is 41.4. The first-order valence-electron chi connectivity index (χ1n) is 11.9. The Kier molecular flexibility index (Phi) is 4.49. The van der Waals surface area contributed by atoms with Crippen molar-refractivity contribution in [2.75, 3.05) is 19.8 Å². The van der Waals surface area contributed by atoms with Crippen LogP contribution in [0.5, 0.6) is 5.75 Å². The molecule has 0 aromatic heterocycles. The number of aliphatic hydroxyl groups excluding tert-OH is 4. The van der Waals surface area contributed by atoms with E-state index in [-0.39, 0.29) is 23.6 Å². The van der Waals surface area contributed by atoms with Crippen LogP contribution in [-0.2, 0) is 21.7 Å². The standard InChI is InChI=1S/C22H24ClFO7/c1-2-29-17-6-3-12(8-16(17)24)7-13-9-14(4-5-15(13)23)22-20(28)18(26)19(27)21(10-25,31-22)11-30-22/h3-6,8-9,18-20,25-28H,2,7,10-11H2,1H3/t18-,19-,20+,21-,22-/m0/s1/i1D3,2D2. The minimum atomic E-state index is -3.13. The molecule has 2 aromatic rings. The normalized spacial score (nSPS) is 35.5. The van der Waals surface area contributed by atoms with Gasteiger partial charge in [-0.15, -0.1) is 0 Å². The predicted octanol–water partition coefficient (Wildman–Crippen LogP) is 1.50. The molecule has 2 heterocycles. The lowest BCUT2D eigenvalue weighted by molar-refractivity contribution is -0.329. The highest BCUT2D eigenvalue weighted by atomic mass is 35.5. The maximum Gasteiger partial charge on any atom is 0.225 e. The van der Waals surface area contributed by atoms with Gasteiger partial charge in [0.15, 0.2) is 11.6 Å². The van der Waals surface area contributed by atoms with Crippen LogP contribution in [0, 0.1) is 5.82 Å². The Morgan fingerprint density at radius 1 is 1.26 bits per heavy atom. The maximum atomic E-state index is 14.6. The van der Waals surface area contributed by atoms with Crippen LogP contribution in [0.2, 0.25) is 5.02 Å². The van der Waals surface area contributed by atoms with E-state index in [2.05, 4.69) is 0 Å². The Bertz CT molecular complexity index is 1150. The van der Waals surface area contributed by atoms with E-state index < -0.39 is 61.3 Å². The van der Waals surface area contributed by atoms with Crippen molar-refractivity contribution in [3.8, 4) is 5.75 Å². The second kappa shape index (κ2) is 8.29. The average Bonchev–Trinajstić information content (AvgIpc) is 3.19. The molecule has 2 saturated heterocycles. The lowest BCUT2D eigenvalue weighted by Gasteiger charge is -2.46. The molecule has 2 aromatic carbocycles. The molecule has 0 radical (unpaired) electrons. The summed E-state index contributed by atoms with van der Waals surface area (Å²) in [7, 11) is 0. The van der Waals surface area contributed by atoms with Crippen molar-refractivity contribution >= 4 is 11.6 Å². The van der Waals surface area contributed by atoms with Crippen molar-refractivity contribution in [2.45, 2.75) is 43.0 Å². The second-order valence-corrected chi connectivity index (χ2v) is 8.02. The highest BCUT2D eigenvalue weighted by Gasteiger charge is 2.67. The van der Waals surface area contributed by atoms with Gasteiger partial charge in [0.1, 0.15) is 23.9 Å². The van der Waals surface area contributed by atoms with E-state index in [1.165, 1.54) is 24.3 Å². The highest BCUT2D eigenvalue weighted by molar-refractivity contribution is 6.31. The predicted molar refractivity (Wildman–Crippen MR) is 108 cm³/mol. The molecule has 31 heavy (non-hydrogen) atoms. The van der Waals surface area contributed by atoms with Gasteiger partial charge in [-0.3, -0.25) is 0 Å². The topological polar surface area (TPSA) is 109 Å². The fourth-order valence-electron chi connectivity index (χ4n) is 4.01. The largest absolute Gasteiger partial charge is 0.491 e. The van der Waals surface area contributed by atoms with E-state index >= 15 is 0 Å². The smallest absolute Gasteiger partial charge is 0.225 e. The van der Waals surface area contributed by atoms with Crippen molar-refractivity contribution in [1.82, 2.24) is 0 Å². The Labute approximate surface area is 190 Å². The molecule has 7 nitrogen and oxygen atoms in total. The molecule has 0 aliphatic carbocycles. The molecule has 0 amide bonds. The third-order valence-corrected chi connectivity index (χ3v) is 6.10. The van der Waals surface area contributed by atoms with Crippen LogP contribution in [0.15, 0.2) is 36.4 Å². The van der Waals surface area contributed by atoms with E-state index in [0.29, 0.717) is 11.1 Å². The van der Waals surface area contributed by atoms with Gasteiger partial charge < -0.3 is 34.6 Å². The monoisotopic (exact) mass is 459 g/mol. The van der Waals surface area contributed by atoms with Gasteiger partial charge in [0, 0.05) is 14.7 Å². The fourth-order valence-corrected chi connectivity index (χ4v) is 4.20. The zero-order valence-corrected chi connectivity index (χ0v) is 16.8. The third-order valence-electron chi connectivity index (χ3n) is 5.73. The molecule has 5 atom stereocenters. The minimum Gasteiger partial charge on any atom is -0.491 e. The zero-order chi connectivity index (χ0) is 26.7. The Hall–Kier alpha value is -1.78. The first-order chi connectivity index (χ1) is 16.7. The number of ether oxygens (including phenoxy) is 3. The van der Waals surface area contributed by atoms with Gasteiger partial charge >= 0.3 is 0 Å². The Balaban J connectivity index is 1.62. The number of fused-ring (bicyclic) bond motifs is 2. The molecular formula is C22H24ClFO7. The van der Waals surface area contributed by atoms with Crippen molar-refractivity contribution in [3.63, 3.8) is 0 Å². The molecule has 9 heteroatoms. The van der Waals surface area contributed by atoms with Crippen molar-refractivity contribution in [1.29, 1.82) is 0 Å². The van der Waals surface area contributed by atoms with Crippen LogP contribution in [0.3, 0.4) is 0 Å². The van der Waals surface area contributed by atoms with Gasteiger partial charge in [-0.1, -0.05) is 23.7 Å². The number of hydrogen-bond acceptors (Lipinski definition) is 7. The van der Waals surface area contributed by atoms with Gasteiger partial charge in [-0.25, -0.2) is 4.39 Å². The molecule has 2 bridgehead atoms. The minimum absolute atomic E-state index is 0.0541. The van der Waals surface area contributed by atoms with E-state index in [0.717, 1.165) is 12.1 Å². The maximum absolute atomic E-state index is 14.6. The molecule has 0 saturated carbocycles. The highest BCUT2D eigenvalue weighted by Crippen LogP contribution is 2.49. The Morgan fingerprint density at radius 3 is 2.77 bits per heavy atom. The number of halogens is 2. The van der Waals surface area contributed by atoms with E-state index in [1.54, 1.807) is 0 Å². The average molecular weight is 460 g/mol. The summed E-state index contributed by atoms with van der Waals surface area (Å²) in [6.45, 7) is -7.20. The molecule has 2 aliphatic rings. The molecule has 2 fully saturated rings. The number of aliphatic hydroxyl groups is 4. The lowest BCUT2D eigenvalue weighted by atomic mass is 9.83. The summed E-state index contributed by atoms with van der Waals surface area (Å²) in [6.07, 6.45) is -4.92. The molecule has 2 aliphatic heterocycles. The second-order valence-electron chi connectivity index (χ2n) is 7.61. The summed E-state index contributed by atoms with van der Waals surface area (Å²) in [5.74, 6) is -3.46. The van der Waals surface area contributed by atoms with Crippen LogP contribution in [0.1, 0.15) is 30.4 Å². The molecule has 168 valence electrons. The Morgan fingerprint density at radius 2 is 2.06 bits per heavy atom. The van der Waals surface area contributed by atoms with Crippen LogP contribution in [0.4, 0.5) is 4.39 Å². The van der Waals surface area contributed by atoms with Gasteiger partial charge in [0.05, 0.1) is 22.5 Å². The van der Waals surface area contributed by atoms with Crippen LogP contribution >= 0.6 is 11.6 Å². The fraction of sp³-hybridized carbons (Fsp3) is 0.455. The molecule has 4 N–H and O–H groups in total. The van der Waals surface area contributed by atoms with Crippen LogP contribution < -0.4 is 4.74 Å². The van der Waals surface area contributed by atoms with Gasteiger partial charge in [-0.2, -0.15) is 0 Å². The van der Waals surface area contributed by atoms with Crippen LogP contribution in [0.25, 0.3) is 0 Å². The summed E-state index contributed by atoms with van der Waals surface area (Å²) in [5.41, 5.74) is -0.585. The van der Waals surface area contributed by atoms with Gasteiger partial charge in [0.25, 0.3) is 0 Å². The van der Waals surface area contributed by atoms with Crippen molar-refractivity contribution in [2.24, 2.45) is 0 Å². The molecular weight excluding hydrogens is 431 g/mol. The zero-order valence-electron chi connectivity index (χ0n) is 21.1. The van der Waals surface area contributed by atoms with Crippen molar-refractivity contribution in [3.05, 3.63) is 63.9 Å². The SMILES string of the molecule is [2H]C([2H])([2H])C([2H])([2H])Oc1ccc(Cc2cc([C@]34OC[C@](CO)(O3)[C@@H](O)[C@H](O)[C@H]4O)ccc2Cl)cc1F. The lowest BCUT2D eigenvalue weighted by Crippen LogP contribution is -2.65. The first-order valence-corrected chi connectivity index (χ1v) is 9.79. The van der Waals surface area contributed by atoms with Crippen molar-refractivity contribution < 1.29 is 45.9 Å². The summed E-state index contributed by atoms with van der Waals surface area (Å²) in [4.78, 5) is 0. The van der Waals surface area contributed by atoms with Gasteiger partial charge in [0.2, 0.25) is 5.79 Å². The summed E-state index contributed by atoms with van der Waals surface area (Å²) < 4.78 is 67.5.